The zero-order valence-corrected chi connectivity index (χ0v) is 16.3. The van der Waals surface area contributed by atoms with Crippen LogP contribution in [0.25, 0.3) is 0 Å². The van der Waals surface area contributed by atoms with E-state index in [1.807, 2.05) is 4.90 Å². The van der Waals surface area contributed by atoms with Gasteiger partial charge in [-0.2, -0.15) is 0 Å². The fourth-order valence-corrected chi connectivity index (χ4v) is 3.27. The monoisotopic (exact) mass is 396 g/mol. The molecule has 0 unspecified atom stereocenters. The standard InChI is InChI=1S/C21H24N4O4/c1-28-18-6-4-15(12-22-18)21(27)25-10-8-17(9-11-25)29-19-7-5-16(13-23-19)24-20(26)14-2-3-14/h4-7,12-14,17H,2-3,8-11H2,1H3,(H,24,26). The van der Waals surface area contributed by atoms with Crippen molar-refractivity contribution in [3.8, 4) is 11.8 Å². The Balaban J connectivity index is 1.25. The van der Waals surface area contributed by atoms with Gasteiger partial charge in [-0.15, -0.1) is 0 Å². The first kappa shape index (κ1) is 19.2. The van der Waals surface area contributed by atoms with E-state index >= 15 is 0 Å². The highest BCUT2D eigenvalue weighted by Gasteiger charge is 2.29. The van der Waals surface area contributed by atoms with Gasteiger partial charge in [-0.3, -0.25) is 9.59 Å². The van der Waals surface area contributed by atoms with Gasteiger partial charge < -0.3 is 19.7 Å². The number of methoxy groups -OCH3 is 1. The van der Waals surface area contributed by atoms with E-state index in [4.69, 9.17) is 9.47 Å². The van der Waals surface area contributed by atoms with Crippen molar-refractivity contribution in [2.45, 2.75) is 31.8 Å². The molecule has 2 aromatic rings. The number of amides is 2. The molecule has 4 rings (SSSR count). The predicted molar refractivity (Wildman–Crippen MR) is 106 cm³/mol. The zero-order valence-electron chi connectivity index (χ0n) is 16.3. The van der Waals surface area contributed by atoms with Gasteiger partial charge in [-0.25, -0.2) is 9.97 Å². The molecule has 29 heavy (non-hydrogen) atoms. The van der Waals surface area contributed by atoms with Gasteiger partial charge in [0.15, 0.2) is 0 Å². The van der Waals surface area contributed by atoms with E-state index in [0.29, 0.717) is 36.1 Å². The first-order valence-corrected chi connectivity index (χ1v) is 9.85. The van der Waals surface area contributed by atoms with Crippen molar-refractivity contribution < 1.29 is 19.1 Å². The SMILES string of the molecule is COc1ccc(C(=O)N2CCC(Oc3ccc(NC(=O)C4CC4)cn3)CC2)cn1. The lowest BCUT2D eigenvalue weighted by Gasteiger charge is -2.32. The Labute approximate surface area is 169 Å². The molecule has 8 heteroatoms. The van der Waals surface area contributed by atoms with Crippen LogP contribution in [-0.4, -0.2) is 53.0 Å². The molecule has 1 aliphatic heterocycles. The van der Waals surface area contributed by atoms with Crippen LogP contribution in [-0.2, 0) is 4.79 Å². The molecule has 0 aromatic carbocycles. The molecule has 152 valence electrons. The number of carbonyl (C=O) groups is 2. The summed E-state index contributed by atoms with van der Waals surface area (Å²) in [7, 11) is 1.54. The fraction of sp³-hybridized carbons (Fsp3) is 0.429. The number of carbonyl (C=O) groups excluding carboxylic acids is 2. The van der Waals surface area contributed by atoms with Crippen LogP contribution >= 0.6 is 0 Å². The number of hydrogen-bond donors (Lipinski definition) is 1. The number of likely N-dealkylation sites (tertiary alicyclic amines) is 1. The first-order chi connectivity index (χ1) is 14.1. The van der Waals surface area contributed by atoms with E-state index in [-0.39, 0.29) is 23.8 Å². The van der Waals surface area contributed by atoms with Crippen molar-refractivity contribution in [3.05, 3.63) is 42.2 Å². The van der Waals surface area contributed by atoms with Gasteiger partial charge in [-0.05, 0) is 25.0 Å². The van der Waals surface area contributed by atoms with Crippen LogP contribution in [0.5, 0.6) is 11.8 Å². The Morgan fingerprint density at radius 3 is 2.31 bits per heavy atom. The molecule has 0 bridgehead atoms. The van der Waals surface area contributed by atoms with Gasteiger partial charge in [0.2, 0.25) is 17.7 Å². The largest absolute Gasteiger partial charge is 0.481 e. The molecule has 2 fully saturated rings. The molecular formula is C21H24N4O4. The third-order valence-electron chi connectivity index (χ3n) is 5.16. The minimum atomic E-state index is -0.0347. The lowest BCUT2D eigenvalue weighted by atomic mass is 10.1. The van der Waals surface area contributed by atoms with E-state index in [9.17, 15) is 9.59 Å². The van der Waals surface area contributed by atoms with Crippen molar-refractivity contribution in [3.63, 3.8) is 0 Å². The average Bonchev–Trinajstić information content (AvgIpc) is 3.61. The number of pyridine rings is 2. The van der Waals surface area contributed by atoms with E-state index < -0.39 is 0 Å². The normalized spacial score (nSPS) is 16.9. The summed E-state index contributed by atoms with van der Waals surface area (Å²) in [6.45, 7) is 1.23. The second-order valence-corrected chi connectivity index (χ2v) is 7.35. The summed E-state index contributed by atoms with van der Waals surface area (Å²) >= 11 is 0. The lowest BCUT2D eigenvalue weighted by molar-refractivity contribution is -0.117. The van der Waals surface area contributed by atoms with Crippen LogP contribution in [0.3, 0.4) is 0 Å². The zero-order chi connectivity index (χ0) is 20.2. The molecule has 1 aliphatic carbocycles. The molecule has 1 saturated carbocycles. The summed E-state index contributed by atoms with van der Waals surface area (Å²) in [5.41, 5.74) is 1.23. The molecule has 1 saturated heterocycles. The summed E-state index contributed by atoms with van der Waals surface area (Å²) < 4.78 is 11.0. The van der Waals surface area contributed by atoms with Crippen LogP contribution in [0, 0.1) is 5.92 Å². The maximum Gasteiger partial charge on any atom is 0.255 e. The second-order valence-electron chi connectivity index (χ2n) is 7.35. The Morgan fingerprint density at radius 1 is 1.00 bits per heavy atom. The Kier molecular flexibility index (Phi) is 5.59. The average molecular weight is 396 g/mol. The number of rotatable bonds is 6. The van der Waals surface area contributed by atoms with Gasteiger partial charge in [-0.1, -0.05) is 0 Å². The van der Waals surface area contributed by atoms with E-state index in [2.05, 4.69) is 15.3 Å². The van der Waals surface area contributed by atoms with Gasteiger partial charge in [0.05, 0.1) is 24.6 Å². The summed E-state index contributed by atoms with van der Waals surface area (Å²) in [6.07, 6.45) is 6.57. The maximum absolute atomic E-state index is 12.6. The summed E-state index contributed by atoms with van der Waals surface area (Å²) in [5, 5.41) is 2.86. The molecule has 2 amide bonds. The number of aromatic nitrogens is 2. The minimum Gasteiger partial charge on any atom is -0.481 e. The van der Waals surface area contributed by atoms with E-state index in [0.717, 1.165) is 25.7 Å². The number of nitrogens with one attached hydrogen (secondary N) is 1. The van der Waals surface area contributed by atoms with Crippen LogP contribution in [0.1, 0.15) is 36.0 Å². The number of piperidine rings is 1. The smallest absolute Gasteiger partial charge is 0.255 e. The van der Waals surface area contributed by atoms with Gasteiger partial charge in [0, 0.05) is 50.2 Å². The van der Waals surface area contributed by atoms with Crippen molar-refractivity contribution in [1.29, 1.82) is 0 Å². The topological polar surface area (TPSA) is 93.7 Å². The first-order valence-electron chi connectivity index (χ1n) is 9.85. The molecule has 2 aliphatic rings. The number of hydrogen-bond acceptors (Lipinski definition) is 6. The van der Waals surface area contributed by atoms with Crippen molar-refractivity contribution in [1.82, 2.24) is 14.9 Å². The van der Waals surface area contributed by atoms with Crippen molar-refractivity contribution in [2.24, 2.45) is 5.92 Å². The van der Waals surface area contributed by atoms with Crippen molar-refractivity contribution in [2.75, 3.05) is 25.5 Å². The molecular weight excluding hydrogens is 372 g/mol. The fourth-order valence-electron chi connectivity index (χ4n) is 3.27. The minimum absolute atomic E-state index is 0.00690. The highest BCUT2D eigenvalue weighted by atomic mass is 16.5. The molecule has 0 radical (unpaired) electrons. The highest BCUT2D eigenvalue weighted by molar-refractivity contribution is 5.94. The third-order valence-corrected chi connectivity index (χ3v) is 5.16. The van der Waals surface area contributed by atoms with Gasteiger partial charge >= 0.3 is 0 Å². The Hall–Kier alpha value is -3.16. The number of nitrogens with zero attached hydrogens (tertiary/aromatic N) is 3. The number of ether oxygens (including phenoxy) is 2. The molecule has 8 nitrogen and oxygen atoms in total. The third kappa shape index (κ3) is 4.82. The summed E-state index contributed by atoms with van der Waals surface area (Å²) in [5.74, 6) is 1.20. The second kappa shape index (κ2) is 8.46. The summed E-state index contributed by atoms with van der Waals surface area (Å²) in [6, 6.07) is 6.98. The van der Waals surface area contributed by atoms with Crippen LogP contribution < -0.4 is 14.8 Å². The highest BCUT2D eigenvalue weighted by Crippen LogP contribution is 2.30. The molecule has 1 N–H and O–H groups in total. The Morgan fingerprint density at radius 2 is 1.72 bits per heavy atom. The predicted octanol–water partition coefficient (Wildman–Crippen LogP) is 2.52. The van der Waals surface area contributed by atoms with Gasteiger partial charge in [0.25, 0.3) is 5.91 Å². The van der Waals surface area contributed by atoms with E-state index in [1.165, 1.54) is 6.20 Å². The molecule has 2 aromatic heterocycles. The molecule has 0 atom stereocenters. The van der Waals surface area contributed by atoms with Crippen LogP contribution in [0.4, 0.5) is 5.69 Å². The van der Waals surface area contributed by atoms with Crippen LogP contribution in [0.15, 0.2) is 36.7 Å². The van der Waals surface area contributed by atoms with Crippen LogP contribution in [0.2, 0.25) is 0 Å². The lowest BCUT2D eigenvalue weighted by Crippen LogP contribution is -2.41. The maximum atomic E-state index is 12.6. The van der Waals surface area contributed by atoms with Gasteiger partial charge in [0.1, 0.15) is 6.10 Å². The quantitative estimate of drug-likeness (QED) is 0.806. The Bertz CT molecular complexity index is 857. The molecule has 3 heterocycles. The summed E-state index contributed by atoms with van der Waals surface area (Å²) in [4.78, 5) is 34.6. The molecule has 0 spiro atoms. The van der Waals surface area contributed by atoms with Crippen molar-refractivity contribution >= 4 is 17.5 Å². The van der Waals surface area contributed by atoms with E-state index in [1.54, 1.807) is 37.6 Å². The number of anilines is 1.